The molecule has 2 aromatic carbocycles. The molecule has 4 heteroatoms. The van der Waals surface area contributed by atoms with Crippen molar-refractivity contribution in [1.29, 1.82) is 0 Å². The molecule has 28 heavy (non-hydrogen) atoms. The lowest BCUT2D eigenvalue weighted by Gasteiger charge is -2.33. The van der Waals surface area contributed by atoms with E-state index in [-0.39, 0.29) is 18.0 Å². The summed E-state index contributed by atoms with van der Waals surface area (Å²) < 4.78 is 2.23. The van der Waals surface area contributed by atoms with E-state index in [9.17, 15) is 4.79 Å². The Morgan fingerprint density at radius 1 is 1.07 bits per heavy atom. The van der Waals surface area contributed by atoms with E-state index in [4.69, 9.17) is 0 Å². The molecule has 1 atom stereocenters. The molecule has 144 valence electrons. The Hall–Kier alpha value is -3.01. The number of aryl methyl sites for hydroxylation is 2. The summed E-state index contributed by atoms with van der Waals surface area (Å²) in [7, 11) is 0. The van der Waals surface area contributed by atoms with Gasteiger partial charge in [-0.3, -0.25) is 0 Å². The van der Waals surface area contributed by atoms with Crippen LogP contribution in [0.3, 0.4) is 0 Å². The molecular weight excluding hydrogens is 346 g/mol. The van der Waals surface area contributed by atoms with Crippen LogP contribution in [0.15, 0.2) is 60.8 Å². The minimum Gasteiger partial charge on any atom is -0.318 e. The van der Waals surface area contributed by atoms with Gasteiger partial charge in [0.2, 0.25) is 0 Å². The fraction of sp³-hybridized carbons (Fsp3) is 0.292. The Morgan fingerprint density at radius 3 is 2.61 bits per heavy atom. The van der Waals surface area contributed by atoms with Gasteiger partial charge in [0, 0.05) is 17.6 Å². The molecule has 3 aromatic rings. The molecule has 0 aliphatic carbocycles. The molecule has 0 bridgehead atoms. The summed E-state index contributed by atoms with van der Waals surface area (Å²) >= 11 is 0. The summed E-state index contributed by atoms with van der Waals surface area (Å²) in [6, 6.07) is 18.6. The Balaban J connectivity index is 1.76. The van der Waals surface area contributed by atoms with Gasteiger partial charge in [0.05, 0.1) is 18.3 Å². The number of urea groups is 1. The molecule has 4 rings (SSSR count). The monoisotopic (exact) mass is 373 g/mol. The summed E-state index contributed by atoms with van der Waals surface area (Å²) in [5.74, 6) is 0.285. The van der Waals surface area contributed by atoms with Crippen LogP contribution in [0.25, 0.3) is 5.69 Å². The van der Waals surface area contributed by atoms with Gasteiger partial charge in [0.25, 0.3) is 0 Å². The van der Waals surface area contributed by atoms with Crippen LogP contribution in [-0.2, 0) is 6.54 Å². The topological polar surface area (TPSA) is 37.3 Å². The molecule has 0 saturated heterocycles. The van der Waals surface area contributed by atoms with Gasteiger partial charge in [-0.2, -0.15) is 0 Å². The Labute approximate surface area is 166 Å². The van der Waals surface area contributed by atoms with Crippen LogP contribution in [0.1, 0.15) is 42.3 Å². The Morgan fingerprint density at radius 2 is 1.86 bits per heavy atom. The number of benzene rings is 2. The molecular formula is C24H27N3O. The predicted molar refractivity (Wildman–Crippen MR) is 114 cm³/mol. The number of amides is 2. The number of carbonyl (C=O) groups excluding carboxylic acids is 1. The molecule has 0 saturated carbocycles. The molecule has 0 fully saturated rings. The number of hydrogen-bond acceptors (Lipinski definition) is 1. The normalized spacial score (nSPS) is 15.8. The van der Waals surface area contributed by atoms with Crippen molar-refractivity contribution in [3.8, 4) is 5.69 Å². The molecule has 0 unspecified atom stereocenters. The minimum atomic E-state index is -0.0601. The molecule has 2 amide bonds. The first kappa shape index (κ1) is 18.4. The quantitative estimate of drug-likeness (QED) is 0.602. The molecule has 4 nitrogen and oxygen atoms in total. The molecule has 0 spiro atoms. The highest BCUT2D eigenvalue weighted by atomic mass is 16.2. The summed E-state index contributed by atoms with van der Waals surface area (Å²) in [6.07, 6.45) is 2.09. The van der Waals surface area contributed by atoms with Gasteiger partial charge in [-0.05, 0) is 55.2 Å². The van der Waals surface area contributed by atoms with Crippen molar-refractivity contribution in [3.05, 3.63) is 83.2 Å². The van der Waals surface area contributed by atoms with E-state index in [1.165, 1.54) is 5.56 Å². The van der Waals surface area contributed by atoms with Crippen LogP contribution in [0.5, 0.6) is 0 Å². The standard InChI is InChI=1S/C24H27N3O/c1-16(2)23-22-10-7-13-26(22)21-9-6-5-8-19(21)15-27(23)24(28)25-20-12-11-17(3)14-18(20)4/h5-14,16,23H,15H2,1-4H3,(H,25,28)/t23-/m0/s1. The van der Waals surface area contributed by atoms with E-state index in [1.54, 1.807) is 0 Å². The lowest BCUT2D eigenvalue weighted by molar-refractivity contribution is 0.162. The fourth-order valence-corrected chi connectivity index (χ4v) is 4.22. The van der Waals surface area contributed by atoms with Crippen molar-refractivity contribution in [2.24, 2.45) is 5.92 Å². The average Bonchev–Trinajstić information content (AvgIpc) is 3.07. The molecule has 1 aliphatic heterocycles. The van der Waals surface area contributed by atoms with E-state index in [0.717, 1.165) is 28.2 Å². The zero-order valence-corrected chi connectivity index (χ0v) is 16.9. The number of para-hydroxylation sites is 1. The zero-order chi connectivity index (χ0) is 19.8. The zero-order valence-electron chi connectivity index (χ0n) is 16.9. The van der Waals surface area contributed by atoms with Crippen molar-refractivity contribution in [1.82, 2.24) is 9.47 Å². The lowest BCUT2D eigenvalue weighted by atomic mass is 9.99. The molecule has 1 aromatic heterocycles. The number of nitrogens with one attached hydrogen (secondary N) is 1. The van der Waals surface area contributed by atoms with Crippen LogP contribution < -0.4 is 5.32 Å². The highest BCUT2D eigenvalue weighted by Crippen LogP contribution is 2.37. The first-order valence-corrected chi connectivity index (χ1v) is 9.86. The third-order valence-electron chi connectivity index (χ3n) is 5.53. The van der Waals surface area contributed by atoms with Crippen LogP contribution >= 0.6 is 0 Å². The fourth-order valence-electron chi connectivity index (χ4n) is 4.22. The second-order valence-electron chi connectivity index (χ2n) is 8.00. The second-order valence-corrected chi connectivity index (χ2v) is 8.00. The number of rotatable bonds is 2. The number of anilines is 1. The summed E-state index contributed by atoms with van der Waals surface area (Å²) in [5, 5.41) is 3.15. The van der Waals surface area contributed by atoms with Crippen LogP contribution in [0.4, 0.5) is 10.5 Å². The number of aromatic nitrogens is 1. The maximum atomic E-state index is 13.4. The smallest absolute Gasteiger partial charge is 0.318 e. The van der Waals surface area contributed by atoms with Gasteiger partial charge >= 0.3 is 6.03 Å². The first-order valence-electron chi connectivity index (χ1n) is 9.86. The minimum absolute atomic E-state index is 0.00634. The number of fused-ring (bicyclic) bond motifs is 3. The number of hydrogen-bond donors (Lipinski definition) is 1. The second kappa shape index (κ2) is 7.19. The van der Waals surface area contributed by atoms with Crippen LogP contribution in [-0.4, -0.2) is 15.5 Å². The highest BCUT2D eigenvalue weighted by molar-refractivity contribution is 5.90. The maximum absolute atomic E-state index is 13.4. The maximum Gasteiger partial charge on any atom is 0.322 e. The third kappa shape index (κ3) is 3.19. The van der Waals surface area contributed by atoms with E-state index < -0.39 is 0 Å². The summed E-state index contributed by atoms with van der Waals surface area (Å²) in [4.78, 5) is 15.4. The molecule has 1 N–H and O–H groups in total. The summed E-state index contributed by atoms with van der Waals surface area (Å²) in [5.41, 5.74) is 6.58. The van der Waals surface area contributed by atoms with Crippen molar-refractivity contribution >= 4 is 11.7 Å². The SMILES string of the molecule is Cc1ccc(NC(=O)N2Cc3ccccc3-n3cccc3[C@@H]2C(C)C)c(C)c1. The van der Waals surface area contributed by atoms with E-state index in [2.05, 4.69) is 73.3 Å². The van der Waals surface area contributed by atoms with Crippen molar-refractivity contribution in [2.45, 2.75) is 40.3 Å². The van der Waals surface area contributed by atoms with E-state index in [0.29, 0.717) is 6.54 Å². The lowest BCUT2D eigenvalue weighted by Crippen LogP contribution is -2.39. The predicted octanol–water partition coefficient (Wildman–Crippen LogP) is 5.84. The van der Waals surface area contributed by atoms with Crippen molar-refractivity contribution < 1.29 is 4.79 Å². The first-order chi connectivity index (χ1) is 13.5. The number of carbonyl (C=O) groups is 1. The van der Waals surface area contributed by atoms with Crippen molar-refractivity contribution in [3.63, 3.8) is 0 Å². The van der Waals surface area contributed by atoms with E-state index >= 15 is 0 Å². The molecule has 1 aliphatic rings. The van der Waals surface area contributed by atoms with Crippen LogP contribution in [0, 0.1) is 19.8 Å². The largest absolute Gasteiger partial charge is 0.322 e. The summed E-state index contributed by atoms with van der Waals surface area (Å²) in [6.45, 7) is 9.03. The van der Waals surface area contributed by atoms with Gasteiger partial charge in [0.15, 0.2) is 0 Å². The average molecular weight is 374 g/mol. The van der Waals surface area contributed by atoms with Gasteiger partial charge in [-0.15, -0.1) is 0 Å². The third-order valence-corrected chi connectivity index (χ3v) is 5.53. The van der Waals surface area contributed by atoms with Gasteiger partial charge in [0.1, 0.15) is 0 Å². The van der Waals surface area contributed by atoms with Gasteiger partial charge < -0.3 is 14.8 Å². The molecule has 0 radical (unpaired) electrons. The number of nitrogens with zero attached hydrogens (tertiary/aromatic N) is 2. The highest BCUT2D eigenvalue weighted by Gasteiger charge is 2.33. The van der Waals surface area contributed by atoms with Gasteiger partial charge in [-0.25, -0.2) is 4.79 Å². The van der Waals surface area contributed by atoms with E-state index in [1.807, 2.05) is 30.0 Å². The molecule has 2 heterocycles. The van der Waals surface area contributed by atoms with Gasteiger partial charge in [-0.1, -0.05) is 49.7 Å². The van der Waals surface area contributed by atoms with Crippen LogP contribution in [0.2, 0.25) is 0 Å². The Bertz CT molecular complexity index is 1020. The Kier molecular flexibility index (Phi) is 4.71. The van der Waals surface area contributed by atoms with Crippen molar-refractivity contribution in [2.75, 3.05) is 5.32 Å².